The Morgan fingerprint density at radius 2 is 2.41 bits per heavy atom. The summed E-state index contributed by atoms with van der Waals surface area (Å²) in [6.45, 7) is 5.01. The van der Waals surface area contributed by atoms with Crippen molar-refractivity contribution in [2.45, 2.75) is 38.8 Å². The highest BCUT2D eigenvalue weighted by molar-refractivity contribution is 7.05. The van der Waals surface area contributed by atoms with E-state index in [1.54, 1.807) is 11.9 Å². The molecule has 0 bridgehead atoms. The fourth-order valence-electron chi connectivity index (χ4n) is 2.03. The van der Waals surface area contributed by atoms with E-state index in [4.69, 9.17) is 4.74 Å². The molecule has 0 saturated carbocycles. The lowest BCUT2D eigenvalue weighted by Gasteiger charge is -2.27. The number of likely N-dealkylation sites (N-methyl/N-ethyl adjacent to an activating group) is 1. The molecule has 17 heavy (non-hydrogen) atoms. The Morgan fingerprint density at radius 1 is 1.65 bits per heavy atom. The van der Waals surface area contributed by atoms with Crippen LogP contribution in [0.25, 0.3) is 0 Å². The van der Waals surface area contributed by atoms with Gasteiger partial charge in [-0.3, -0.25) is 4.79 Å². The van der Waals surface area contributed by atoms with E-state index in [-0.39, 0.29) is 5.91 Å². The standard InChI is InChI=1S/C11H17N3O2S/c1-8-9(17-13-12-8)7-14(3)10(15)11(2)5-4-6-16-11/h4-7H2,1-3H3. The van der Waals surface area contributed by atoms with Crippen molar-refractivity contribution in [1.82, 2.24) is 14.5 Å². The van der Waals surface area contributed by atoms with E-state index in [1.165, 1.54) is 11.5 Å². The lowest BCUT2D eigenvalue weighted by Crippen LogP contribution is -2.44. The van der Waals surface area contributed by atoms with E-state index >= 15 is 0 Å². The van der Waals surface area contributed by atoms with Gasteiger partial charge in [0, 0.05) is 13.7 Å². The number of aryl methyl sites for hydroxylation is 1. The van der Waals surface area contributed by atoms with Gasteiger partial charge in [0.05, 0.1) is 17.1 Å². The molecule has 6 heteroatoms. The lowest BCUT2D eigenvalue weighted by atomic mass is 10.0. The van der Waals surface area contributed by atoms with Gasteiger partial charge in [-0.15, -0.1) is 5.10 Å². The van der Waals surface area contributed by atoms with Crippen LogP contribution in [0.4, 0.5) is 0 Å². The molecule has 5 nitrogen and oxygen atoms in total. The quantitative estimate of drug-likeness (QED) is 0.818. The van der Waals surface area contributed by atoms with Gasteiger partial charge in [-0.05, 0) is 38.2 Å². The van der Waals surface area contributed by atoms with Gasteiger partial charge in [0.2, 0.25) is 0 Å². The average molecular weight is 255 g/mol. The number of carbonyl (C=O) groups excluding carboxylic acids is 1. The Bertz CT molecular complexity index is 413. The number of aromatic nitrogens is 2. The van der Waals surface area contributed by atoms with Crippen molar-refractivity contribution in [3.8, 4) is 0 Å². The summed E-state index contributed by atoms with van der Waals surface area (Å²) >= 11 is 1.34. The lowest BCUT2D eigenvalue weighted by molar-refractivity contribution is -0.150. The largest absolute Gasteiger partial charge is 0.365 e. The summed E-state index contributed by atoms with van der Waals surface area (Å²) in [4.78, 5) is 15.0. The first-order valence-corrected chi connectivity index (χ1v) is 6.47. The van der Waals surface area contributed by atoms with Gasteiger partial charge in [0.1, 0.15) is 5.60 Å². The number of carbonyl (C=O) groups is 1. The summed E-state index contributed by atoms with van der Waals surface area (Å²) in [5, 5.41) is 3.94. The van der Waals surface area contributed by atoms with Crippen LogP contribution < -0.4 is 0 Å². The molecule has 0 aromatic carbocycles. The minimum atomic E-state index is -0.638. The Kier molecular flexibility index (Phi) is 3.44. The molecule has 0 aliphatic carbocycles. The zero-order valence-corrected chi connectivity index (χ0v) is 11.2. The Morgan fingerprint density at radius 3 is 2.94 bits per heavy atom. The van der Waals surface area contributed by atoms with Crippen molar-refractivity contribution >= 4 is 17.4 Å². The van der Waals surface area contributed by atoms with Gasteiger partial charge < -0.3 is 9.64 Å². The first kappa shape index (κ1) is 12.4. The number of nitrogens with zero attached hydrogens (tertiary/aromatic N) is 3. The highest BCUT2D eigenvalue weighted by Gasteiger charge is 2.39. The summed E-state index contributed by atoms with van der Waals surface area (Å²) in [7, 11) is 1.80. The molecule has 2 rings (SSSR count). The predicted octanol–water partition coefficient (Wildman–Crippen LogP) is 1.37. The normalized spacial score (nSPS) is 23.9. The minimum Gasteiger partial charge on any atom is -0.365 e. The second-order valence-electron chi connectivity index (χ2n) is 4.63. The average Bonchev–Trinajstić information content (AvgIpc) is 2.89. The monoisotopic (exact) mass is 255 g/mol. The minimum absolute atomic E-state index is 0.0443. The molecule has 2 heterocycles. The van der Waals surface area contributed by atoms with Crippen molar-refractivity contribution in [3.63, 3.8) is 0 Å². The van der Waals surface area contributed by atoms with Gasteiger partial charge in [-0.1, -0.05) is 4.49 Å². The van der Waals surface area contributed by atoms with E-state index in [0.717, 1.165) is 23.4 Å². The molecule has 0 spiro atoms. The third-order valence-corrected chi connectivity index (χ3v) is 3.95. The topological polar surface area (TPSA) is 55.3 Å². The Balaban J connectivity index is 2.03. The van der Waals surface area contributed by atoms with E-state index in [2.05, 4.69) is 9.59 Å². The van der Waals surface area contributed by atoms with Crippen LogP contribution in [0.2, 0.25) is 0 Å². The third-order valence-electron chi connectivity index (χ3n) is 3.14. The van der Waals surface area contributed by atoms with Crippen molar-refractivity contribution in [2.75, 3.05) is 13.7 Å². The Hall–Kier alpha value is -1.01. The van der Waals surface area contributed by atoms with Gasteiger partial charge in [-0.2, -0.15) is 0 Å². The molecule has 1 fully saturated rings. The van der Waals surface area contributed by atoms with Crippen LogP contribution in [-0.4, -0.2) is 39.6 Å². The smallest absolute Gasteiger partial charge is 0.254 e. The van der Waals surface area contributed by atoms with Crippen molar-refractivity contribution in [3.05, 3.63) is 10.6 Å². The van der Waals surface area contributed by atoms with Crippen LogP contribution >= 0.6 is 11.5 Å². The van der Waals surface area contributed by atoms with Gasteiger partial charge >= 0.3 is 0 Å². The van der Waals surface area contributed by atoms with E-state index in [0.29, 0.717) is 13.2 Å². The second kappa shape index (κ2) is 4.70. The van der Waals surface area contributed by atoms with Crippen LogP contribution in [0, 0.1) is 6.92 Å². The number of hydrogen-bond acceptors (Lipinski definition) is 5. The van der Waals surface area contributed by atoms with E-state index < -0.39 is 5.60 Å². The highest BCUT2D eigenvalue weighted by Crippen LogP contribution is 2.27. The number of rotatable bonds is 3. The van der Waals surface area contributed by atoms with Crippen molar-refractivity contribution in [2.24, 2.45) is 0 Å². The molecule has 0 N–H and O–H groups in total. The van der Waals surface area contributed by atoms with Crippen LogP contribution in [-0.2, 0) is 16.1 Å². The maximum Gasteiger partial charge on any atom is 0.254 e. The molecule has 1 unspecified atom stereocenters. The molecule has 1 atom stereocenters. The van der Waals surface area contributed by atoms with Gasteiger partial charge in [0.15, 0.2) is 0 Å². The summed E-state index contributed by atoms with van der Waals surface area (Å²) in [6, 6.07) is 0. The molecule has 1 saturated heterocycles. The predicted molar refractivity (Wildman–Crippen MR) is 64.7 cm³/mol. The van der Waals surface area contributed by atoms with Crippen LogP contribution in [0.3, 0.4) is 0 Å². The summed E-state index contributed by atoms with van der Waals surface area (Å²) in [5.74, 6) is 0.0443. The number of ether oxygens (including phenoxy) is 1. The zero-order chi connectivity index (χ0) is 12.5. The van der Waals surface area contributed by atoms with Crippen molar-refractivity contribution in [1.29, 1.82) is 0 Å². The maximum atomic E-state index is 12.3. The Labute approximate surface area is 105 Å². The molecule has 1 aliphatic rings. The summed E-state index contributed by atoms with van der Waals surface area (Å²) in [6.07, 6.45) is 1.76. The summed E-state index contributed by atoms with van der Waals surface area (Å²) in [5.41, 5.74) is 0.257. The molecule has 1 aromatic rings. The van der Waals surface area contributed by atoms with Crippen LogP contribution in [0.1, 0.15) is 30.3 Å². The van der Waals surface area contributed by atoms with E-state index in [1.807, 2.05) is 13.8 Å². The molecule has 1 amide bonds. The molecule has 0 radical (unpaired) electrons. The van der Waals surface area contributed by atoms with Gasteiger partial charge in [0.25, 0.3) is 5.91 Å². The van der Waals surface area contributed by atoms with Crippen molar-refractivity contribution < 1.29 is 9.53 Å². The number of amides is 1. The zero-order valence-electron chi connectivity index (χ0n) is 10.4. The third kappa shape index (κ3) is 2.47. The maximum absolute atomic E-state index is 12.3. The molecule has 1 aliphatic heterocycles. The van der Waals surface area contributed by atoms with Crippen LogP contribution in [0.5, 0.6) is 0 Å². The molecule has 1 aromatic heterocycles. The van der Waals surface area contributed by atoms with Crippen LogP contribution in [0.15, 0.2) is 0 Å². The van der Waals surface area contributed by atoms with E-state index in [9.17, 15) is 4.79 Å². The second-order valence-corrected chi connectivity index (χ2v) is 5.46. The molecular weight excluding hydrogens is 238 g/mol. The molecule has 94 valence electrons. The first-order valence-electron chi connectivity index (χ1n) is 5.70. The summed E-state index contributed by atoms with van der Waals surface area (Å²) < 4.78 is 9.43. The highest BCUT2D eigenvalue weighted by atomic mass is 32.1. The first-order chi connectivity index (χ1) is 8.03. The number of hydrogen-bond donors (Lipinski definition) is 0. The SMILES string of the molecule is Cc1nnsc1CN(C)C(=O)C1(C)CCCO1. The fourth-order valence-corrected chi connectivity index (χ4v) is 2.72. The van der Waals surface area contributed by atoms with Gasteiger partial charge in [-0.25, -0.2) is 0 Å². The molecular formula is C11H17N3O2S. The fraction of sp³-hybridized carbons (Fsp3) is 0.727.